The van der Waals surface area contributed by atoms with E-state index < -0.39 is 10.0 Å². The number of benzene rings is 1. The van der Waals surface area contributed by atoms with Crippen LogP contribution in [-0.4, -0.2) is 59.9 Å². The van der Waals surface area contributed by atoms with Crippen molar-refractivity contribution in [1.82, 2.24) is 24.8 Å². The smallest absolute Gasteiger partial charge is 0.230 e. The van der Waals surface area contributed by atoms with Crippen LogP contribution in [0.1, 0.15) is 12.5 Å². The van der Waals surface area contributed by atoms with E-state index in [0.29, 0.717) is 24.4 Å². The molecule has 5 rings (SSSR count). The average Bonchev–Trinajstić information content (AvgIpc) is 3.22. The zero-order valence-electron chi connectivity index (χ0n) is 19.6. The number of nitrogens with one attached hydrogen (secondary N) is 3. The predicted molar refractivity (Wildman–Crippen MR) is 139 cm³/mol. The normalized spacial score (nSPS) is 16.4. The van der Waals surface area contributed by atoms with Gasteiger partial charge in [0.1, 0.15) is 11.5 Å². The van der Waals surface area contributed by atoms with E-state index in [1.807, 2.05) is 35.0 Å². The van der Waals surface area contributed by atoms with Gasteiger partial charge in [0, 0.05) is 66.6 Å². The molecule has 1 fully saturated rings. The summed E-state index contributed by atoms with van der Waals surface area (Å²) in [6, 6.07) is 14.3. The molecule has 11 heteroatoms. The molecule has 182 valence electrons. The van der Waals surface area contributed by atoms with Crippen molar-refractivity contribution < 1.29 is 8.42 Å². The first kappa shape index (κ1) is 23.1. The first-order chi connectivity index (χ1) is 16.8. The van der Waals surface area contributed by atoms with Gasteiger partial charge in [0.15, 0.2) is 0 Å². The lowest BCUT2D eigenvalue weighted by atomic mass is 10.2. The molecule has 0 amide bonds. The van der Waals surface area contributed by atoms with E-state index in [1.54, 1.807) is 18.5 Å². The molecule has 0 unspecified atom stereocenters. The fourth-order valence-corrected chi connectivity index (χ4v) is 4.76. The van der Waals surface area contributed by atoms with Gasteiger partial charge in [-0.3, -0.25) is 4.72 Å². The minimum absolute atomic E-state index is 0.309. The van der Waals surface area contributed by atoms with Gasteiger partial charge in [0.05, 0.1) is 12.8 Å². The zero-order chi connectivity index (χ0) is 24.4. The van der Waals surface area contributed by atoms with Gasteiger partial charge < -0.3 is 20.1 Å². The molecule has 1 saturated heterocycles. The highest BCUT2D eigenvalue weighted by Gasteiger charge is 2.16. The first-order valence-electron chi connectivity index (χ1n) is 11.4. The SMILES string of the molecule is C[C@H]1CN(c2ccc(Nc3ncc4ccn(Cc5cccnc5NS(C)(=O)=O)c4n3)cc2)CCN1. The van der Waals surface area contributed by atoms with Gasteiger partial charge in [0.2, 0.25) is 16.0 Å². The number of rotatable bonds is 7. The van der Waals surface area contributed by atoms with E-state index in [9.17, 15) is 8.42 Å². The van der Waals surface area contributed by atoms with Crippen LogP contribution in [-0.2, 0) is 16.6 Å². The molecule has 1 aliphatic rings. The van der Waals surface area contributed by atoms with Crippen molar-refractivity contribution in [2.24, 2.45) is 0 Å². The third-order valence-corrected chi connectivity index (χ3v) is 6.44. The Morgan fingerprint density at radius 2 is 1.97 bits per heavy atom. The summed E-state index contributed by atoms with van der Waals surface area (Å²) < 4.78 is 27.9. The minimum Gasteiger partial charge on any atom is -0.369 e. The van der Waals surface area contributed by atoms with Crippen molar-refractivity contribution in [2.75, 3.05) is 40.8 Å². The molecule has 3 aromatic heterocycles. The number of piperazine rings is 1. The number of pyridine rings is 1. The Kier molecular flexibility index (Phi) is 6.27. The number of hydrogen-bond acceptors (Lipinski definition) is 8. The van der Waals surface area contributed by atoms with Crippen molar-refractivity contribution in [3.63, 3.8) is 0 Å². The van der Waals surface area contributed by atoms with Gasteiger partial charge in [-0.25, -0.2) is 18.4 Å². The van der Waals surface area contributed by atoms with Crippen LogP contribution in [0.5, 0.6) is 0 Å². The molecule has 0 spiro atoms. The highest BCUT2D eigenvalue weighted by Crippen LogP contribution is 2.23. The summed E-state index contributed by atoms with van der Waals surface area (Å²) in [7, 11) is -3.44. The molecule has 1 atom stereocenters. The largest absolute Gasteiger partial charge is 0.369 e. The van der Waals surface area contributed by atoms with Crippen LogP contribution in [0, 0.1) is 0 Å². The first-order valence-corrected chi connectivity index (χ1v) is 13.3. The van der Waals surface area contributed by atoms with Crippen LogP contribution in [0.3, 0.4) is 0 Å². The third-order valence-electron chi connectivity index (χ3n) is 5.87. The second-order valence-corrected chi connectivity index (χ2v) is 10.5. The fourth-order valence-electron chi connectivity index (χ4n) is 4.23. The van der Waals surface area contributed by atoms with Crippen molar-refractivity contribution in [1.29, 1.82) is 0 Å². The molecular weight excluding hydrogens is 464 g/mol. The summed E-state index contributed by atoms with van der Waals surface area (Å²) in [6.07, 6.45) is 6.35. The van der Waals surface area contributed by atoms with E-state index in [2.05, 4.69) is 49.3 Å². The molecular formula is C24H28N8O2S. The fraction of sp³-hybridized carbons (Fsp3) is 0.292. The average molecular weight is 493 g/mol. The highest BCUT2D eigenvalue weighted by atomic mass is 32.2. The van der Waals surface area contributed by atoms with Crippen LogP contribution in [0.25, 0.3) is 11.0 Å². The number of sulfonamides is 1. The lowest BCUT2D eigenvalue weighted by molar-refractivity contribution is 0.485. The quantitative estimate of drug-likeness (QED) is 0.361. The van der Waals surface area contributed by atoms with Gasteiger partial charge in [0.25, 0.3) is 0 Å². The van der Waals surface area contributed by atoms with E-state index in [0.717, 1.165) is 48.2 Å². The van der Waals surface area contributed by atoms with Crippen LogP contribution in [0.2, 0.25) is 0 Å². The van der Waals surface area contributed by atoms with Crippen molar-refractivity contribution in [3.8, 4) is 0 Å². The Morgan fingerprint density at radius 3 is 2.74 bits per heavy atom. The van der Waals surface area contributed by atoms with Crippen LogP contribution in [0.15, 0.2) is 61.1 Å². The number of fused-ring (bicyclic) bond motifs is 1. The van der Waals surface area contributed by atoms with E-state index in [1.165, 1.54) is 5.69 Å². The lowest BCUT2D eigenvalue weighted by Gasteiger charge is -2.33. The Hall–Kier alpha value is -3.70. The standard InChI is InChI=1S/C24H28N8O2S/c1-17-15-31(13-11-25-17)21-7-5-20(6-8-21)28-24-27-14-18-9-12-32(23(18)29-24)16-19-4-3-10-26-22(19)30-35(2,33)34/h3-10,12,14,17,25H,11,13,15-16H2,1-2H3,(H,26,30)(H,27,28,29)/t17-/m0/s1. The van der Waals surface area contributed by atoms with Gasteiger partial charge in [-0.1, -0.05) is 6.07 Å². The maximum absolute atomic E-state index is 11.7. The number of anilines is 4. The van der Waals surface area contributed by atoms with Crippen LogP contribution in [0.4, 0.5) is 23.1 Å². The summed E-state index contributed by atoms with van der Waals surface area (Å²) in [4.78, 5) is 15.7. The van der Waals surface area contributed by atoms with Gasteiger partial charge in [-0.15, -0.1) is 0 Å². The van der Waals surface area contributed by atoms with Crippen molar-refractivity contribution >= 4 is 44.2 Å². The lowest BCUT2D eigenvalue weighted by Crippen LogP contribution is -2.49. The van der Waals surface area contributed by atoms with Crippen molar-refractivity contribution in [3.05, 3.63) is 66.6 Å². The molecule has 0 aliphatic carbocycles. The molecule has 0 radical (unpaired) electrons. The molecule has 1 aromatic carbocycles. The molecule has 0 bridgehead atoms. The molecule has 4 heterocycles. The second kappa shape index (κ2) is 9.51. The van der Waals surface area contributed by atoms with E-state index in [4.69, 9.17) is 4.98 Å². The summed E-state index contributed by atoms with van der Waals surface area (Å²) in [5, 5.41) is 7.64. The molecule has 0 saturated carbocycles. The third kappa shape index (κ3) is 5.52. The Morgan fingerprint density at radius 1 is 1.14 bits per heavy atom. The molecule has 10 nitrogen and oxygen atoms in total. The van der Waals surface area contributed by atoms with Crippen LogP contribution >= 0.6 is 0 Å². The van der Waals surface area contributed by atoms with Crippen LogP contribution < -0.4 is 20.3 Å². The number of nitrogens with zero attached hydrogens (tertiary/aromatic N) is 5. The zero-order valence-corrected chi connectivity index (χ0v) is 20.5. The number of aromatic nitrogens is 4. The number of hydrogen-bond donors (Lipinski definition) is 3. The van der Waals surface area contributed by atoms with Gasteiger partial charge in [-0.05, 0) is 43.3 Å². The second-order valence-electron chi connectivity index (χ2n) is 8.77. The molecule has 1 aliphatic heterocycles. The maximum Gasteiger partial charge on any atom is 0.230 e. The summed E-state index contributed by atoms with van der Waals surface area (Å²) >= 11 is 0. The Bertz CT molecular complexity index is 1440. The molecule has 35 heavy (non-hydrogen) atoms. The molecule has 4 aromatic rings. The Labute approximate surface area is 204 Å². The summed E-state index contributed by atoms with van der Waals surface area (Å²) in [5.41, 5.74) is 3.58. The van der Waals surface area contributed by atoms with Gasteiger partial charge in [-0.2, -0.15) is 4.98 Å². The minimum atomic E-state index is -3.44. The maximum atomic E-state index is 11.7. The van der Waals surface area contributed by atoms with E-state index in [-0.39, 0.29) is 0 Å². The summed E-state index contributed by atoms with van der Waals surface area (Å²) in [6.45, 7) is 5.57. The predicted octanol–water partition coefficient (Wildman–Crippen LogP) is 2.79. The Balaban J connectivity index is 1.35. The molecule has 3 N–H and O–H groups in total. The topological polar surface area (TPSA) is 117 Å². The summed E-state index contributed by atoms with van der Waals surface area (Å²) in [5.74, 6) is 0.796. The highest BCUT2D eigenvalue weighted by molar-refractivity contribution is 7.92. The van der Waals surface area contributed by atoms with E-state index >= 15 is 0 Å². The van der Waals surface area contributed by atoms with Crippen molar-refractivity contribution in [2.45, 2.75) is 19.5 Å². The monoisotopic (exact) mass is 492 g/mol. The van der Waals surface area contributed by atoms with Gasteiger partial charge >= 0.3 is 0 Å².